The number of nitrogens with zero attached hydrogens (tertiary/aromatic N) is 5. The van der Waals surface area contributed by atoms with Crippen molar-refractivity contribution in [3.8, 4) is 0 Å². The molecule has 4 rings (SSSR count). The number of rotatable bonds is 2. The fourth-order valence-corrected chi connectivity index (χ4v) is 2.78. The van der Waals surface area contributed by atoms with Crippen LogP contribution in [-0.4, -0.2) is 15.5 Å². The van der Waals surface area contributed by atoms with Crippen LogP contribution in [-0.2, 0) is 5.41 Å². The first-order chi connectivity index (χ1) is 6.79. The maximum Gasteiger partial charge on any atom is 0.0648 e. The van der Waals surface area contributed by atoms with Crippen molar-refractivity contribution in [3.63, 3.8) is 0 Å². The molecular formula is C9H9N5. The zero-order valence-corrected chi connectivity index (χ0v) is 7.59. The minimum absolute atomic E-state index is 0.0771. The number of hydrogen-bond acceptors (Lipinski definition) is 3. The second-order valence-corrected chi connectivity index (χ2v) is 4.32. The van der Waals surface area contributed by atoms with Gasteiger partial charge in [-0.1, -0.05) is 5.11 Å². The molecule has 0 atom stereocenters. The standard InChI is InChI=1S/C9H9N5/c10-14-13-9-4-8(5-9,6-9)7-3-11-1-2-12-7/h1-3H,4-6H2. The minimum Gasteiger partial charge on any atom is -0.261 e. The molecule has 1 aromatic heterocycles. The van der Waals surface area contributed by atoms with Gasteiger partial charge in [0.25, 0.3) is 0 Å². The van der Waals surface area contributed by atoms with Crippen LogP contribution in [0.25, 0.3) is 10.4 Å². The van der Waals surface area contributed by atoms with E-state index in [1.165, 1.54) is 0 Å². The second kappa shape index (κ2) is 2.25. The van der Waals surface area contributed by atoms with Crippen LogP contribution in [0.5, 0.6) is 0 Å². The largest absolute Gasteiger partial charge is 0.261 e. The molecule has 0 aliphatic heterocycles. The van der Waals surface area contributed by atoms with E-state index in [1.807, 2.05) is 6.20 Å². The number of hydrogen-bond donors (Lipinski definition) is 0. The predicted molar refractivity (Wildman–Crippen MR) is 49.4 cm³/mol. The quantitative estimate of drug-likeness (QED) is 0.403. The van der Waals surface area contributed by atoms with Crippen molar-refractivity contribution in [2.45, 2.75) is 30.2 Å². The van der Waals surface area contributed by atoms with E-state index in [4.69, 9.17) is 5.53 Å². The maximum absolute atomic E-state index is 8.38. The van der Waals surface area contributed by atoms with E-state index in [0.29, 0.717) is 0 Å². The topological polar surface area (TPSA) is 74.5 Å². The first kappa shape index (κ1) is 7.76. The molecule has 14 heavy (non-hydrogen) atoms. The molecule has 0 N–H and O–H groups in total. The fraction of sp³-hybridized carbons (Fsp3) is 0.556. The van der Waals surface area contributed by atoms with E-state index < -0.39 is 0 Å². The molecule has 0 spiro atoms. The summed E-state index contributed by atoms with van der Waals surface area (Å²) in [4.78, 5) is 11.2. The maximum atomic E-state index is 8.38. The van der Waals surface area contributed by atoms with E-state index >= 15 is 0 Å². The van der Waals surface area contributed by atoms with Gasteiger partial charge in [-0.25, -0.2) is 0 Å². The highest BCUT2D eigenvalue weighted by molar-refractivity contribution is 5.37. The first-order valence-electron chi connectivity index (χ1n) is 4.62. The van der Waals surface area contributed by atoms with Gasteiger partial charge in [0.05, 0.1) is 11.2 Å². The van der Waals surface area contributed by atoms with E-state index in [1.54, 1.807) is 12.4 Å². The van der Waals surface area contributed by atoms with Gasteiger partial charge in [-0.3, -0.25) is 9.97 Å². The Bertz CT molecular complexity index is 400. The van der Waals surface area contributed by atoms with Gasteiger partial charge in [0, 0.05) is 28.9 Å². The number of azide groups is 1. The van der Waals surface area contributed by atoms with Crippen LogP contribution in [0.2, 0.25) is 0 Å². The average molecular weight is 187 g/mol. The molecule has 0 radical (unpaired) electrons. The monoisotopic (exact) mass is 187 g/mol. The summed E-state index contributed by atoms with van der Waals surface area (Å²) < 4.78 is 0. The molecule has 2 bridgehead atoms. The summed E-state index contributed by atoms with van der Waals surface area (Å²) >= 11 is 0. The lowest BCUT2D eigenvalue weighted by Gasteiger charge is -2.67. The Morgan fingerprint density at radius 3 is 2.71 bits per heavy atom. The molecule has 3 aliphatic carbocycles. The Kier molecular flexibility index (Phi) is 1.25. The Morgan fingerprint density at radius 1 is 1.36 bits per heavy atom. The summed E-state index contributed by atoms with van der Waals surface area (Å²) in [6.45, 7) is 0. The SMILES string of the molecule is [N-]=[N+]=NC12CC(c3cnccn3)(C1)C2. The molecule has 5 heteroatoms. The summed E-state index contributed by atoms with van der Waals surface area (Å²) in [5.41, 5.74) is 9.53. The molecule has 1 heterocycles. The van der Waals surface area contributed by atoms with Gasteiger partial charge >= 0.3 is 0 Å². The summed E-state index contributed by atoms with van der Waals surface area (Å²) in [5, 5.41) is 3.83. The van der Waals surface area contributed by atoms with Crippen LogP contribution in [0, 0.1) is 0 Å². The zero-order valence-electron chi connectivity index (χ0n) is 7.59. The molecule has 0 saturated heterocycles. The van der Waals surface area contributed by atoms with Gasteiger partial charge in [-0.05, 0) is 24.8 Å². The fourth-order valence-electron chi connectivity index (χ4n) is 2.78. The molecular weight excluding hydrogens is 178 g/mol. The Labute approximate surface area is 80.8 Å². The zero-order chi connectivity index (χ0) is 9.65. The molecule has 3 saturated carbocycles. The molecule has 1 aromatic rings. The van der Waals surface area contributed by atoms with Crippen LogP contribution in [0.3, 0.4) is 0 Å². The molecule has 3 aliphatic rings. The highest BCUT2D eigenvalue weighted by Crippen LogP contribution is 2.69. The highest BCUT2D eigenvalue weighted by atomic mass is 15.2. The van der Waals surface area contributed by atoms with Crippen LogP contribution in [0.1, 0.15) is 25.0 Å². The van der Waals surface area contributed by atoms with Gasteiger partial charge in [0.2, 0.25) is 0 Å². The van der Waals surface area contributed by atoms with Crippen molar-refractivity contribution in [1.29, 1.82) is 0 Å². The van der Waals surface area contributed by atoms with E-state index in [2.05, 4.69) is 20.0 Å². The van der Waals surface area contributed by atoms with Crippen LogP contribution in [0.15, 0.2) is 23.7 Å². The van der Waals surface area contributed by atoms with Crippen LogP contribution >= 0.6 is 0 Å². The van der Waals surface area contributed by atoms with Crippen LogP contribution in [0.4, 0.5) is 0 Å². The molecule has 70 valence electrons. The van der Waals surface area contributed by atoms with Crippen molar-refractivity contribution in [2.75, 3.05) is 0 Å². The third-order valence-electron chi connectivity index (χ3n) is 3.37. The molecule has 0 unspecified atom stereocenters. The van der Waals surface area contributed by atoms with Gasteiger partial charge in [0.15, 0.2) is 0 Å². The Balaban J connectivity index is 1.85. The molecule has 0 aromatic carbocycles. The smallest absolute Gasteiger partial charge is 0.0648 e. The summed E-state index contributed by atoms with van der Waals surface area (Å²) in [6, 6.07) is 0. The molecule has 3 fully saturated rings. The van der Waals surface area contributed by atoms with Crippen molar-refractivity contribution >= 4 is 0 Å². The molecule has 0 amide bonds. The Hall–Kier alpha value is -1.61. The van der Waals surface area contributed by atoms with Crippen molar-refractivity contribution in [2.24, 2.45) is 5.11 Å². The van der Waals surface area contributed by atoms with E-state index in [9.17, 15) is 0 Å². The normalized spacial score (nSPS) is 37.7. The molecule has 5 nitrogen and oxygen atoms in total. The van der Waals surface area contributed by atoms with Gasteiger partial charge < -0.3 is 0 Å². The van der Waals surface area contributed by atoms with Crippen molar-refractivity contribution in [3.05, 3.63) is 34.7 Å². The lowest BCUT2D eigenvalue weighted by atomic mass is 9.39. The van der Waals surface area contributed by atoms with E-state index in [-0.39, 0.29) is 11.0 Å². The average Bonchev–Trinajstić information content (AvgIpc) is 2.10. The third kappa shape index (κ3) is 0.775. The lowest BCUT2D eigenvalue weighted by molar-refractivity contribution is -0.0617. The summed E-state index contributed by atoms with van der Waals surface area (Å²) in [5.74, 6) is 0. The van der Waals surface area contributed by atoms with Gasteiger partial charge in [-0.15, -0.1) is 0 Å². The summed E-state index contributed by atoms with van der Waals surface area (Å²) in [6.07, 6.45) is 8.06. The summed E-state index contributed by atoms with van der Waals surface area (Å²) in [7, 11) is 0. The predicted octanol–water partition coefficient (Wildman–Crippen LogP) is 1.96. The minimum atomic E-state index is -0.0771. The number of aromatic nitrogens is 2. The first-order valence-corrected chi connectivity index (χ1v) is 4.62. The lowest BCUT2D eigenvalue weighted by Crippen LogP contribution is -2.68. The van der Waals surface area contributed by atoms with E-state index in [0.717, 1.165) is 25.0 Å². The van der Waals surface area contributed by atoms with Gasteiger partial charge in [0.1, 0.15) is 0 Å². The van der Waals surface area contributed by atoms with Crippen molar-refractivity contribution in [1.82, 2.24) is 9.97 Å². The highest BCUT2D eigenvalue weighted by Gasteiger charge is 2.69. The second-order valence-electron chi connectivity index (χ2n) is 4.32. The van der Waals surface area contributed by atoms with Crippen molar-refractivity contribution < 1.29 is 0 Å². The van der Waals surface area contributed by atoms with Gasteiger partial charge in [-0.2, -0.15) is 0 Å². The third-order valence-corrected chi connectivity index (χ3v) is 3.37. The Morgan fingerprint density at radius 2 is 2.14 bits per heavy atom. The van der Waals surface area contributed by atoms with Crippen LogP contribution < -0.4 is 0 Å².